The van der Waals surface area contributed by atoms with Gasteiger partial charge in [-0.1, -0.05) is 6.58 Å². The summed E-state index contributed by atoms with van der Waals surface area (Å²) < 4.78 is 0. The van der Waals surface area contributed by atoms with E-state index in [9.17, 15) is 9.59 Å². The fourth-order valence-electron chi connectivity index (χ4n) is 0.137. The third-order valence-electron chi connectivity index (χ3n) is 0.612. The van der Waals surface area contributed by atoms with Crippen molar-refractivity contribution in [1.29, 1.82) is 0 Å². The number of aliphatic imine (C=N–C) groups is 1. The van der Waals surface area contributed by atoms with Crippen molar-refractivity contribution in [3.8, 4) is 0 Å². The summed E-state index contributed by atoms with van der Waals surface area (Å²) in [5.41, 5.74) is 0.244. The van der Waals surface area contributed by atoms with Crippen LogP contribution < -0.4 is 0 Å². The fourth-order valence-corrected chi connectivity index (χ4v) is 0.137. The molecule has 1 amide bonds. The normalized spacial score (nSPS) is 7.25. The van der Waals surface area contributed by atoms with Crippen molar-refractivity contribution < 1.29 is 19.8 Å². The number of nitrogens with zero attached hydrogens (tertiary/aromatic N) is 1. The van der Waals surface area contributed by atoms with Gasteiger partial charge in [0.2, 0.25) is 6.08 Å². The average Bonchev–Trinajstić information content (AvgIpc) is 2.05. The van der Waals surface area contributed by atoms with Gasteiger partial charge in [0.1, 0.15) is 0 Å². The van der Waals surface area contributed by atoms with E-state index in [0.717, 1.165) is 6.08 Å². The van der Waals surface area contributed by atoms with E-state index < -0.39 is 5.91 Å². The lowest BCUT2D eigenvalue weighted by Gasteiger charge is -1.80. The molecule has 0 aliphatic rings. The van der Waals surface area contributed by atoms with Crippen LogP contribution in [0.25, 0.3) is 0 Å². The average molecular weight is 173 g/mol. The fraction of sp³-hybridized carbons (Fsp3) is 0.429. The first-order valence-corrected chi connectivity index (χ1v) is 3.09. The minimum atomic E-state index is -0.611. The molecule has 0 unspecified atom stereocenters. The minimum absolute atomic E-state index is 0.125. The molecule has 5 nitrogen and oxygen atoms in total. The molecule has 0 aromatic carbocycles. The third kappa shape index (κ3) is 11.5. The van der Waals surface area contributed by atoms with Crippen LogP contribution in [0.4, 0.5) is 0 Å². The van der Waals surface area contributed by atoms with Gasteiger partial charge in [0, 0.05) is 5.57 Å². The summed E-state index contributed by atoms with van der Waals surface area (Å²) >= 11 is 0. The highest BCUT2D eigenvalue weighted by Crippen LogP contribution is 1.87. The molecule has 0 bridgehead atoms. The molecule has 68 valence electrons. The van der Waals surface area contributed by atoms with Crippen LogP contribution in [0.1, 0.15) is 6.92 Å². The van der Waals surface area contributed by atoms with Gasteiger partial charge in [0.05, 0.1) is 13.2 Å². The van der Waals surface area contributed by atoms with Crippen LogP contribution in [0.5, 0.6) is 0 Å². The molecule has 0 aliphatic carbocycles. The summed E-state index contributed by atoms with van der Waals surface area (Å²) in [4.78, 5) is 22.4. The van der Waals surface area contributed by atoms with E-state index in [1.54, 1.807) is 0 Å². The van der Waals surface area contributed by atoms with E-state index in [0.29, 0.717) is 0 Å². The maximum Gasteiger partial charge on any atom is 0.282 e. The highest BCUT2D eigenvalue weighted by Gasteiger charge is 1.94. The highest BCUT2D eigenvalue weighted by molar-refractivity contribution is 5.95. The van der Waals surface area contributed by atoms with Gasteiger partial charge in [-0.15, -0.1) is 4.99 Å². The monoisotopic (exact) mass is 173 g/mol. The summed E-state index contributed by atoms with van der Waals surface area (Å²) in [7, 11) is 0. The number of hydrogen-bond acceptors (Lipinski definition) is 4. The molecule has 0 radical (unpaired) electrons. The number of carbonyl (C=O) groups excluding carboxylic acids is 2. The summed E-state index contributed by atoms with van der Waals surface area (Å²) in [6, 6.07) is 0. The summed E-state index contributed by atoms with van der Waals surface area (Å²) in [6.45, 7) is 4.48. The smallest absolute Gasteiger partial charge is 0.282 e. The molecule has 0 rings (SSSR count). The van der Waals surface area contributed by atoms with E-state index >= 15 is 0 Å². The largest absolute Gasteiger partial charge is 0.394 e. The van der Waals surface area contributed by atoms with E-state index in [2.05, 4.69) is 11.6 Å². The quantitative estimate of drug-likeness (QED) is 0.331. The van der Waals surface area contributed by atoms with Crippen molar-refractivity contribution in [1.82, 2.24) is 0 Å². The first-order chi connectivity index (χ1) is 5.59. The lowest BCUT2D eigenvalue weighted by molar-refractivity contribution is -0.114. The standard InChI is InChI=1S/C5H5NO2.C2H6O2/c1-4(2)5(8)6-3-7;3-1-2-4/h1H2,2H3;3-4H,1-2H2. The highest BCUT2D eigenvalue weighted by atomic mass is 16.3. The van der Waals surface area contributed by atoms with E-state index in [1.807, 2.05) is 0 Å². The molecule has 0 atom stereocenters. The number of hydrogen-bond donors (Lipinski definition) is 2. The van der Waals surface area contributed by atoms with Crippen LogP contribution in [0, 0.1) is 0 Å². The van der Waals surface area contributed by atoms with Gasteiger partial charge in [-0.3, -0.25) is 4.79 Å². The summed E-state index contributed by atoms with van der Waals surface area (Å²) in [5.74, 6) is -0.611. The lowest BCUT2D eigenvalue weighted by Crippen LogP contribution is -1.90. The van der Waals surface area contributed by atoms with Crippen molar-refractivity contribution >= 4 is 12.0 Å². The Bertz CT molecular complexity index is 188. The summed E-state index contributed by atoms with van der Waals surface area (Å²) in [5, 5.41) is 15.2. The number of aliphatic hydroxyl groups excluding tert-OH is 2. The second kappa shape index (κ2) is 9.71. The molecule has 0 spiro atoms. The zero-order valence-electron chi connectivity index (χ0n) is 6.78. The lowest BCUT2D eigenvalue weighted by atomic mass is 10.3. The van der Waals surface area contributed by atoms with Gasteiger partial charge >= 0.3 is 0 Å². The topological polar surface area (TPSA) is 87.0 Å². The van der Waals surface area contributed by atoms with Crippen LogP contribution in [-0.4, -0.2) is 35.4 Å². The molecular weight excluding hydrogens is 162 g/mol. The van der Waals surface area contributed by atoms with Crippen LogP contribution in [0.3, 0.4) is 0 Å². The minimum Gasteiger partial charge on any atom is -0.394 e. The van der Waals surface area contributed by atoms with Crippen molar-refractivity contribution in [2.24, 2.45) is 4.99 Å². The van der Waals surface area contributed by atoms with Crippen LogP contribution in [0.2, 0.25) is 0 Å². The molecule has 0 aliphatic heterocycles. The molecule has 0 aromatic rings. The predicted octanol–water partition coefficient (Wildman–Crippen LogP) is -0.604. The van der Waals surface area contributed by atoms with Crippen molar-refractivity contribution in [3.05, 3.63) is 12.2 Å². The number of carbonyl (C=O) groups is 1. The maximum atomic E-state index is 10.2. The van der Waals surface area contributed by atoms with E-state index in [-0.39, 0.29) is 18.8 Å². The Morgan fingerprint density at radius 2 is 1.92 bits per heavy atom. The van der Waals surface area contributed by atoms with E-state index in [1.165, 1.54) is 6.92 Å². The number of amides is 1. The van der Waals surface area contributed by atoms with Gasteiger partial charge in [0.15, 0.2) is 0 Å². The second-order valence-corrected chi connectivity index (χ2v) is 1.74. The molecule has 5 heteroatoms. The molecular formula is C7H11NO4. The number of rotatable bonds is 2. The van der Waals surface area contributed by atoms with Crippen LogP contribution in [-0.2, 0) is 9.59 Å². The molecule has 0 fully saturated rings. The van der Waals surface area contributed by atoms with Gasteiger partial charge in [-0.2, -0.15) is 0 Å². The van der Waals surface area contributed by atoms with E-state index in [4.69, 9.17) is 10.2 Å². The molecule has 12 heavy (non-hydrogen) atoms. The summed E-state index contributed by atoms with van der Waals surface area (Å²) in [6.07, 6.45) is 1.11. The van der Waals surface area contributed by atoms with Crippen molar-refractivity contribution in [2.75, 3.05) is 13.2 Å². The second-order valence-electron chi connectivity index (χ2n) is 1.74. The third-order valence-corrected chi connectivity index (χ3v) is 0.612. The Labute approximate surface area is 70.1 Å². The first kappa shape index (κ1) is 13.3. The molecule has 2 N–H and O–H groups in total. The maximum absolute atomic E-state index is 10.2. The Hall–Kier alpha value is -1.29. The Balaban J connectivity index is 0. The predicted molar refractivity (Wildman–Crippen MR) is 42.1 cm³/mol. The Morgan fingerprint density at radius 1 is 1.50 bits per heavy atom. The number of aliphatic hydroxyl groups is 2. The van der Waals surface area contributed by atoms with Crippen LogP contribution >= 0.6 is 0 Å². The van der Waals surface area contributed by atoms with Gasteiger partial charge in [0.25, 0.3) is 5.91 Å². The molecule has 0 saturated heterocycles. The SMILES string of the molecule is C=C(C)C(=O)N=C=O.OCCO. The molecule has 0 aromatic heterocycles. The van der Waals surface area contributed by atoms with Crippen LogP contribution in [0.15, 0.2) is 17.1 Å². The zero-order chi connectivity index (χ0) is 9.98. The molecule has 0 heterocycles. The Kier molecular flexibility index (Phi) is 10.8. The first-order valence-electron chi connectivity index (χ1n) is 3.09. The van der Waals surface area contributed by atoms with Gasteiger partial charge in [-0.05, 0) is 6.92 Å². The van der Waals surface area contributed by atoms with Gasteiger partial charge in [-0.25, -0.2) is 4.79 Å². The molecule has 0 saturated carbocycles. The number of isocyanates is 1. The van der Waals surface area contributed by atoms with Gasteiger partial charge < -0.3 is 10.2 Å². The van der Waals surface area contributed by atoms with Crippen molar-refractivity contribution in [3.63, 3.8) is 0 Å². The van der Waals surface area contributed by atoms with Crippen molar-refractivity contribution in [2.45, 2.75) is 6.92 Å². The Morgan fingerprint density at radius 3 is 2.00 bits per heavy atom. The zero-order valence-corrected chi connectivity index (χ0v) is 6.78.